The molecule has 1 heterocycles. The predicted octanol–water partition coefficient (Wildman–Crippen LogP) is 2.29. The quantitative estimate of drug-likeness (QED) is 0.743. The number of aliphatic hydroxyl groups excluding tert-OH is 1. The van der Waals surface area contributed by atoms with Crippen molar-refractivity contribution in [1.29, 1.82) is 0 Å². The van der Waals surface area contributed by atoms with Crippen LogP contribution in [0, 0.1) is 5.41 Å². The number of amides is 1. The third kappa shape index (κ3) is 3.14. The van der Waals surface area contributed by atoms with Gasteiger partial charge < -0.3 is 14.9 Å². The van der Waals surface area contributed by atoms with E-state index >= 15 is 0 Å². The van der Waals surface area contributed by atoms with Crippen molar-refractivity contribution >= 4 is 6.09 Å². The first-order valence-electron chi connectivity index (χ1n) is 6.49. The molecule has 5 nitrogen and oxygen atoms in total. The standard InChI is InChI=1S/C13H25NO4/c1-12(2,7-5-6-8-15)10-9-18-13(3,4)14(10)11(16)17/h10,15H,5-9H2,1-4H3,(H,16,17). The van der Waals surface area contributed by atoms with E-state index in [1.165, 1.54) is 4.90 Å². The molecule has 1 amide bonds. The van der Waals surface area contributed by atoms with Gasteiger partial charge in [-0.15, -0.1) is 0 Å². The minimum absolute atomic E-state index is 0.135. The second-order valence-electron chi connectivity index (χ2n) is 6.10. The van der Waals surface area contributed by atoms with Gasteiger partial charge in [0.2, 0.25) is 0 Å². The number of hydrogen-bond acceptors (Lipinski definition) is 3. The average Bonchev–Trinajstić information content (AvgIpc) is 2.55. The zero-order chi connectivity index (χ0) is 14.0. The largest absolute Gasteiger partial charge is 0.465 e. The predicted molar refractivity (Wildman–Crippen MR) is 68.4 cm³/mol. The summed E-state index contributed by atoms with van der Waals surface area (Å²) in [6.07, 6.45) is 1.60. The van der Waals surface area contributed by atoms with E-state index in [1.807, 2.05) is 0 Å². The van der Waals surface area contributed by atoms with Gasteiger partial charge in [-0.25, -0.2) is 4.79 Å². The molecule has 5 heteroatoms. The van der Waals surface area contributed by atoms with E-state index in [0.29, 0.717) is 6.61 Å². The summed E-state index contributed by atoms with van der Waals surface area (Å²) in [6, 6.07) is -0.135. The fraction of sp³-hybridized carbons (Fsp3) is 0.923. The maximum Gasteiger partial charge on any atom is 0.409 e. The molecule has 18 heavy (non-hydrogen) atoms. The first-order valence-corrected chi connectivity index (χ1v) is 6.49. The normalized spacial score (nSPS) is 23.4. The maximum atomic E-state index is 11.4. The van der Waals surface area contributed by atoms with E-state index < -0.39 is 11.8 Å². The van der Waals surface area contributed by atoms with E-state index in [4.69, 9.17) is 9.84 Å². The highest BCUT2D eigenvalue weighted by Gasteiger charge is 2.49. The molecule has 0 aliphatic carbocycles. The Hall–Kier alpha value is -0.810. The van der Waals surface area contributed by atoms with Crippen LogP contribution in [0.4, 0.5) is 4.79 Å². The first-order chi connectivity index (χ1) is 8.22. The van der Waals surface area contributed by atoms with E-state index in [2.05, 4.69) is 13.8 Å². The molecule has 0 aromatic heterocycles. The number of rotatable bonds is 5. The Morgan fingerprint density at radius 3 is 2.56 bits per heavy atom. The van der Waals surface area contributed by atoms with Crippen LogP contribution >= 0.6 is 0 Å². The molecule has 0 bridgehead atoms. The highest BCUT2D eigenvalue weighted by atomic mass is 16.5. The zero-order valence-electron chi connectivity index (χ0n) is 11.8. The van der Waals surface area contributed by atoms with Gasteiger partial charge in [-0.05, 0) is 32.1 Å². The van der Waals surface area contributed by atoms with Gasteiger partial charge >= 0.3 is 6.09 Å². The monoisotopic (exact) mass is 259 g/mol. The van der Waals surface area contributed by atoms with Crippen molar-refractivity contribution in [3.8, 4) is 0 Å². The zero-order valence-corrected chi connectivity index (χ0v) is 11.8. The van der Waals surface area contributed by atoms with Crippen LogP contribution < -0.4 is 0 Å². The SMILES string of the molecule is CC(C)(CCCCO)C1COC(C)(C)N1C(=O)O. The second kappa shape index (κ2) is 5.45. The number of hydrogen-bond donors (Lipinski definition) is 2. The lowest BCUT2D eigenvalue weighted by atomic mass is 9.79. The van der Waals surface area contributed by atoms with Crippen LogP contribution in [-0.4, -0.2) is 46.2 Å². The lowest BCUT2D eigenvalue weighted by Crippen LogP contribution is -2.52. The smallest absolute Gasteiger partial charge is 0.409 e. The molecule has 1 unspecified atom stereocenters. The minimum Gasteiger partial charge on any atom is -0.465 e. The van der Waals surface area contributed by atoms with Gasteiger partial charge in [-0.2, -0.15) is 0 Å². The summed E-state index contributed by atoms with van der Waals surface area (Å²) >= 11 is 0. The summed E-state index contributed by atoms with van der Waals surface area (Å²) in [7, 11) is 0. The molecule has 106 valence electrons. The Labute approximate surface area is 109 Å². The second-order valence-corrected chi connectivity index (χ2v) is 6.10. The lowest BCUT2D eigenvalue weighted by molar-refractivity contribution is -0.0460. The molecular weight excluding hydrogens is 234 g/mol. The molecule has 1 atom stereocenters. The summed E-state index contributed by atoms with van der Waals surface area (Å²) in [4.78, 5) is 12.8. The van der Waals surface area contributed by atoms with Crippen LogP contribution in [0.25, 0.3) is 0 Å². The van der Waals surface area contributed by atoms with E-state index in [1.54, 1.807) is 13.8 Å². The molecule has 0 saturated carbocycles. The van der Waals surface area contributed by atoms with E-state index in [0.717, 1.165) is 19.3 Å². The molecule has 0 spiro atoms. The summed E-state index contributed by atoms with van der Waals surface area (Å²) in [5, 5.41) is 18.2. The van der Waals surface area contributed by atoms with Gasteiger partial charge in [0, 0.05) is 6.61 Å². The summed E-state index contributed by atoms with van der Waals surface area (Å²) in [5.74, 6) is 0. The van der Waals surface area contributed by atoms with Crippen LogP contribution in [0.3, 0.4) is 0 Å². The van der Waals surface area contributed by atoms with Crippen molar-refractivity contribution in [3.05, 3.63) is 0 Å². The van der Waals surface area contributed by atoms with Crippen LogP contribution in [0.15, 0.2) is 0 Å². The van der Waals surface area contributed by atoms with Crippen molar-refractivity contribution in [2.75, 3.05) is 13.2 Å². The molecule has 1 fully saturated rings. The number of unbranched alkanes of at least 4 members (excludes halogenated alkanes) is 1. The third-order valence-electron chi connectivity index (χ3n) is 3.82. The molecule has 0 aromatic carbocycles. The van der Waals surface area contributed by atoms with Gasteiger partial charge in [-0.3, -0.25) is 4.90 Å². The molecule has 1 rings (SSSR count). The summed E-state index contributed by atoms with van der Waals surface area (Å²) in [6.45, 7) is 8.32. The summed E-state index contributed by atoms with van der Waals surface area (Å²) in [5.41, 5.74) is -0.911. The molecule has 1 aliphatic heterocycles. The molecular formula is C13H25NO4. The average molecular weight is 259 g/mol. The molecule has 0 radical (unpaired) electrons. The number of carboxylic acid groups (broad SMARTS) is 1. The van der Waals surface area contributed by atoms with Crippen LogP contribution in [-0.2, 0) is 4.74 Å². The topological polar surface area (TPSA) is 70.0 Å². The molecule has 1 saturated heterocycles. The fourth-order valence-electron chi connectivity index (χ4n) is 2.60. The molecule has 0 aromatic rings. The Morgan fingerprint density at radius 2 is 2.06 bits per heavy atom. The highest BCUT2D eigenvalue weighted by Crippen LogP contribution is 2.39. The maximum absolute atomic E-state index is 11.4. The van der Waals surface area contributed by atoms with E-state index in [-0.39, 0.29) is 18.1 Å². The number of carbonyl (C=O) groups is 1. The Morgan fingerprint density at radius 1 is 1.44 bits per heavy atom. The first kappa shape index (κ1) is 15.2. The highest BCUT2D eigenvalue weighted by molar-refractivity contribution is 5.66. The Kier molecular flexibility index (Phi) is 4.61. The Balaban J connectivity index is 2.77. The molecule has 1 aliphatic rings. The minimum atomic E-state index is -0.933. The van der Waals surface area contributed by atoms with Crippen molar-refractivity contribution in [1.82, 2.24) is 4.90 Å². The number of aliphatic hydroxyl groups is 1. The van der Waals surface area contributed by atoms with Gasteiger partial charge in [0.15, 0.2) is 0 Å². The lowest BCUT2D eigenvalue weighted by Gasteiger charge is -2.39. The Bertz CT molecular complexity index is 301. The molecule has 2 N–H and O–H groups in total. The third-order valence-corrected chi connectivity index (χ3v) is 3.82. The van der Waals surface area contributed by atoms with Crippen LogP contribution in [0.5, 0.6) is 0 Å². The van der Waals surface area contributed by atoms with Crippen molar-refractivity contribution in [2.45, 2.75) is 58.7 Å². The van der Waals surface area contributed by atoms with Gasteiger partial charge in [0.05, 0.1) is 12.6 Å². The van der Waals surface area contributed by atoms with Crippen LogP contribution in [0.1, 0.15) is 47.0 Å². The number of nitrogens with zero attached hydrogens (tertiary/aromatic N) is 1. The van der Waals surface area contributed by atoms with E-state index in [9.17, 15) is 9.90 Å². The van der Waals surface area contributed by atoms with Crippen molar-refractivity contribution < 1.29 is 19.7 Å². The van der Waals surface area contributed by atoms with Crippen molar-refractivity contribution in [2.24, 2.45) is 5.41 Å². The van der Waals surface area contributed by atoms with Gasteiger partial charge in [0.1, 0.15) is 5.72 Å². The van der Waals surface area contributed by atoms with Gasteiger partial charge in [0.25, 0.3) is 0 Å². The number of ether oxygens (including phenoxy) is 1. The fourth-order valence-corrected chi connectivity index (χ4v) is 2.60. The van der Waals surface area contributed by atoms with Crippen LogP contribution in [0.2, 0.25) is 0 Å². The summed E-state index contributed by atoms with van der Waals surface area (Å²) < 4.78 is 5.62. The van der Waals surface area contributed by atoms with Crippen molar-refractivity contribution in [3.63, 3.8) is 0 Å². The van der Waals surface area contributed by atoms with Gasteiger partial charge in [-0.1, -0.05) is 20.3 Å².